The molecule has 0 radical (unpaired) electrons. The van der Waals surface area contributed by atoms with Gasteiger partial charge in [-0.25, -0.2) is 0 Å². The van der Waals surface area contributed by atoms with Gasteiger partial charge >= 0.3 is 0 Å². The van der Waals surface area contributed by atoms with Gasteiger partial charge in [0.05, 0.1) is 0 Å². The van der Waals surface area contributed by atoms with E-state index in [1.54, 1.807) is 0 Å². The van der Waals surface area contributed by atoms with Crippen LogP contribution in [0.25, 0.3) is 0 Å². The lowest BCUT2D eigenvalue weighted by atomic mass is 9.91. The summed E-state index contributed by atoms with van der Waals surface area (Å²) in [5.74, 6) is 1.66. The van der Waals surface area contributed by atoms with E-state index in [0.29, 0.717) is 0 Å². The fourth-order valence-electron chi connectivity index (χ4n) is 3.42. The van der Waals surface area contributed by atoms with E-state index < -0.39 is 0 Å². The molecule has 0 spiro atoms. The highest BCUT2D eigenvalue weighted by molar-refractivity contribution is 7.12. The molecule has 21 heavy (non-hydrogen) atoms. The minimum Gasteiger partial charge on any atom is -0.299 e. The minimum atomic E-state index is 0.266. The molecule has 0 N–H and O–H groups in total. The Hall–Kier alpha value is -0.600. The van der Waals surface area contributed by atoms with Crippen molar-refractivity contribution in [3.8, 4) is 0 Å². The molecule has 118 valence electrons. The third-order valence-electron chi connectivity index (χ3n) is 4.22. The van der Waals surface area contributed by atoms with Crippen molar-refractivity contribution < 1.29 is 0 Å². The van der Waals surface area contributed by atoms with Crippen LogP contribution >= 0.6 is 11.3 Å². The summed E-state index contributed by atoms with van der Waals surface area (Å²) in [5, 5.41) is 0. The normalized spacial score (nSPS) is 24.2. The summed E-state index contributed by atoms with van der Waals surface area (Å²) in [6, 6.07) is 4.58. The van der Waals surface area contributed by atoms with E-state index >= 15 is 0 Å². The Labute approximate surface area is 135 Å². The van der Waals surface area contributed by atoms with Crippen LogP contribution in [0.5, 0.6) is 0 Å². The maximum atomic E-state index is 4.33. The van der Waals surface area contributed by atoms with Crippen molar-refractivity contribution in [1.29, 1.82) is 0 Å². The third-order valence-corrected chi connectivity index (χ3v) is 5.73. The summed E-state index contributed by atoms with van der Waals surface area (Å²) in [6.45, 7) is 19.5. The molecule has 2 heterocycles. The van der Waals surface area contributed by atoms with Crippen LogP contribution in [-0.4, -0.2) is 24.5 Å². The van der Waals surface area contributed by atoms with Gasteiger partial charge in [-0.2, -0.15) is 0 Å². The van der Waals surface area contributed by atoms with Gasteiger partial charge in [-0.05, 0) is 35.8 Å². The molecule has 0 aromatic carbocycles. The largest absolute Gasteiger partial charge is 0.299 e. The first-order chi connectivity index (χ1) is 9.74. The molecule has 1 aromatic rings. The van der Waals surface area contributed by atoms with Gasteiger partial charge in [0.1, 0.15) is 0 Å². The molecule has 0 aliphatic carbocycles. The van der Waals surface area contributed by atoms with E-state index in [2.05, 4.69) is 58.2 Å². The summed E-state index contributed by atoms with van der Waals surface area (Å²) in [4.78, 5) is 5.54. The van der Waals surface area contributed by atoms with Gasteiger partial charge < -0.3 is 0 Å². The molecule has 2 unspecified atom stereocenters. The first-order valence-corrected chi connectivity index (χ1v) is 9.04. The predicted octanol–water partition coefficient (Wildman–Crippen LogP) is 5.12. The van der Waals surface area contributed by atoms with Crippen LogP contribution in [0.3, 0.4) is 0 Å². The smallest absolute Gasteiger partial charge is 0.0194 e. The molecular weight excluding hydrogens is 274 g/mol. The lowest BCUT2D eigenvalue weighted by molar-refractivity contribution is 0.151. The number of likely N-dealkylation sites (tertiary alicyclic amines) is 1. The maximum absolute atomic E-state index is 4.33. The Morgan fingerprint density at radius 1 is 1.24 bits per heavy atom. The molecule has 1 aliphatic heterocycles. The van der Waals surface area contributed by atoms with Crippen LogP contribution in [0.4, 0.5) is 0 Å². The second-order valence-electron chi connectivity index (χ2n) is 8.08. The summed E-state index contributed by atoms with van der Waals surface area (Å²) in [5.41, 5.74) is 1.63. The van der Waals surface area contributed by atoms with Crippen LogP contribution in [0, 0.1) is 11.8 Å². The van der Waals surface area contributed by atoms with Gasteiger partial charge in [0.15, 0.2) is 0 Å². The second-order valence-corrected chi connectivity index (χ2v) is 9.25. The van der Waals surface area contributed by atoms with Crippen molar-refractivity contribution in [2.45, 2.75) is 52.9 Å². The third kappa shape index (κ3) is 4.96. The maximum Gasteiger partial charge on any atom is 0.0194 e. The number of rotatable bonds is 4. The highest BCUT2D eigenvalue weighted by Crippen LogP contribution is 2.30. The fraction of sp³-hybridized carbons (Fsp3) is 0.684. The van der Waals surface area contributed by atoms with Gasteiger partial charge in [0, 0.05) is 35.8 Å². The zero-order valence-corrected chi connectivity index (χ0v) is 15.2. The molecule has 2 rings (SSSR count). The second kappa shape index (κ2) is 6.66. The van der Waals surface area contributed by atoms with E-state index in [1.165, 1.54) is 34.8 Å². The number of thiophene rings is 1. The summed E-state index contributed by atoms with van der Waals surface area (Å²) >= 11 is 1.95. The molecule has 0 bridgehead atoms. The van der Waals surface area contributed by atoms with E-state index in [0.717, 1.165) is 24.8 Å². The fourth-order valence-corrected chi connectivity index (χ4v) is 4.55. The van der Waals surface area contributed by atoms with Crippen LogP contribution in [0.1, 0.15) is 50.8 Å². The average Bonchev–Trinajstić information content (AvgIpc) is 2.75. The Bertz CT molecular complexity index is 470. The average molecular weight is 306 g/mol. The molecule has 1 aromatic heterocycles. The number of hydrogen-bond donors (Lipinski definition) is 0. The molecule has 1 nitrogen and oxygen atoms in total. The Morgan fingerprint density at radius 2 is 1.86 bits per heavy atom. The topological polar surface area (TPSA) is 3.24 Å². The quantitative estimate of drug-likeness (QED) is 0.698. The molecule has 1 saturated heterocycles. The van der Waals surface area contributed by atoms with Crippen molar-refractivity contribution in [2.75, 3.05) is 19.6 Å². The molecule has 2 heteroatoms. The molecule has 0 saturated carbocycles. The summed E-state index contributed by atoms with van der Waals surface area (Å²) in [7, 11) is 0. The van der Waals surface area contributed by atoms with Crippen LogP contribution in [0.2, 0.25) is 0 Å². The van der Waals surface area contributed by atoms with E-state index in [1.807, 2.05) is 11.3 Å². The van der Waals surface area contributed by atoms with Gasteiger partial charge in [-0.3, -0.25) is 4.90 Å². The highest BCUT2D eigenvalue weighted by atomic mass is 32.1. The van der Waals surface area contributed by atoms with E-state index in [4.69, 9.17) is 0 Å². The number of hydrogen-bond acceptors (Lipinski definition) is 2. The van der Waals surface area contributed by atoms with Gasteiger partial charge in [0.2, 0.25) is 0 Å². The zero-order valence-electron chi connectivity index (χ0n) is 14.4. The highest BCUT2D eigenvalue weighted by Gasteiger charge is 2.22. The summed E-state index contributed by atoms with van der Waals surface area (Å²) in [6.07, 6.45) is 2.42. The van der Waals surface area contributed by atoms with Crippen molar-refractivity contribution in [3.63, 3.8) is 0 Å². The first-order valence-electron chi connectivity index (χ1n) is 8.22. The first kappa shape index (κ1) is 16.8. The molecule has 1 fully saturated rings. The Morgan fingerprint density at radius 3 is 2.38 bits per heavy atom. The monoisotopic (exact) mass is 305 g/mol. The molecule has 2 atom stereocenters. The van der Waals surface area contributed by atoms with Gasteiger partial charge in [0.25, 0.3) is 0 Å². The summed E-state index contributed by atoms with van der Waals surface area (Å²) < 4.78 is 0. The van der Waals surface area contributed by atoms with E-state index in [-0.39, 0.29) is 5.41 Å². The van der Waals surface area contributed by atoms with Crippen LogP contribution < -0.4 is 0 Å². The zero-order chi connectivity index (χ0) is 15.6. The standard InChI is InChI=1S/C19H31NS/c1-14-9-15(2)12-20(11-14)13-16(3)10-17-7-8-18(21-17)19(4,5)6/h7-8,14-15H,3,9-13H2,1-2,4-6H3. The van der Waals surface area contributed by atoms with Crippen LogP contribution in [-0.2, 0) is 11.8 Å². The predicted molar refractivity (Wildman–Crippen MR) is 95.2 cm³/mol. The van der Waals surface area contributed by atoms with Crippen molar-refractivity contribution in [1.82, 2.24) is 4.90 Å². The van der Waals surface area contributed by atoms with Crippen molar-refractivity contribution in [2.24, 2.45) is 11.8 Å². The van der Waals surface area contributed by atoms with E-state index in [9.17, 15) is 0 Å². The minimum absolute atomic E-state index is 0.266. The Kier molecular flexibility index (Phi) is 5.32. The number of nitrogens with zero attached hydrogens (tertiary/aromatic N) is 1. The van der Waals surface area contributed by atoms with Crippen LogP contribution in [0.15, 0.2) is 24.3 Å². The van der Waals surface area contributed by atoms with Gasteiger partial charge in [-0.15, -0.1) is 11.3 Å². The number of piperidine rings is 1. The lowest BCUT2D eigenvalue weighted by Gasteiger charge is -2.35. The SMILES string of the molecule is C=C(Cc1ccc(C(C)(C)C)s1)CN1CC(C)CC(C)C1. The Balaban J connectivity index is 1.88. The van der Waals surface area contributed by atoms with Crippen molar-refractivity contribution >= 4 is 11.3 Å². The van der Waals surface area contributed by atoms with Crippen molar-refractivity contribution in [3.05, 3.63) is 34.0 Å². The molecular formula is C19H31NS. The lowest BCUT2D eigenvalue weighted by Crippen LogP contribution is -2.39. The van der Waals surface area contributed by atoms with Gasteiger partial charge in [-0.1, -0.05) is 46.8 Å². The molecule has 1 aliphatic rings. The molecule has 0 amide bonds.